The summed E-state index contributed by atoms with van der Waals surface area (Å²) in [6.07, 6.45) is -0.570. The second-order valence-corrected chi connectivity index (χ2v) is 3.40. The number of carbonyl (C=O) groups is 1. The van der Waals surface area contributed by atoms with Gasteiger partial charge in [-0.1, -0.05) is 5.16 Å². The first-order valence-corrected chi connectivity index (χ1v) is 4.80. The number of ether oxygens (including phenoxy) is 1. The molecular weight excluding hydrogens is 210 g/mol. The predicted molar refractivity (Wildman–Crippen MR) is 56.7 cm³/mol. The summed E-state index contributed by atoms with van der Waals surface area (Å²) in [7, 11) is 1.59. The van der Waals surface area contributed by atoms with Crippen molar-refractivity contribution >= 4 is 11.7 Å². The quantitative estimate of drug-likeness (QED) is 0.834. The van der Waals surface area contributed by atoms with Crippen LogP contribution in [0.3, 0.4) is 0 Å². The molecule has 1 aromatic rings. The van der Waals surface area contributed by atoms with Crippen LogP contribution in [0, 0.1) is 0 Å². The number of oxime groups is 1. The lowest BCUT2D eigenvalue weighted by atomic mass is 10.1. The molecule has 0 aromatic heterocycles. The van der Waals surface area contributed by atoms with Crippen LogP contribution in [0.25, 0.3) is 0 Å². The van der Waals surface area contributed by atoms with E-state index in [-0.39, 0.29) is 0 Å². The van der Waals surface area contributed by atoms with E-state index in [0.29, 0.717) is 12.1 Å². The smallest absolute Gasteiger partial charge is 0.348 e. The summed E-state index contributed by atoms with van der Waals surface area (Å²) in [4.78, 5) is 15.5. The van der Waals surface area contributed by atoms with Crippen molar-refractivity contribution in [2.24, 2.45) is 5.16 Å². The van der Waals surface area contributed by atoms with Crippen molar-refractivity contribution in [3.05, 3.63) is 29.8 Å². The third-order valence-corrected chi connectivity index (χ3v) is 2.37. The largest absolute Gasteiger partial charge is 0.497 e. The van der Waals surface area contributed by atoms with Crippen molar-refractivity contribution in [2.75, 3.05) is 7.11 Å². The Morgan fingerprint density at radius 1 is 1.50 bits per heavy atom. The summed E-state index contributed by atoms with van der Waals surface area (Å²) in [6, 6.07) is 7.24. The van der Waals surface area contributed by atoms with Crippen LogP contribution in [0.1, 0.15) is 12.0 Å². The van der Waals surface area contributed by atoms with Gasteiger partial charge in [-0.25, -0.2) is 4.79 Å². The summed E-state index contributed by atoms with van der Waals surface area (Å²) in [5.41, 5.74) is 1.50. The molecule has 1 aliphatic rings. The molecule has 0 fully saturated rings. The van der Waals surface area contributed by atoms with Gasteiger partial charge >= 0.3 is 5.97 Å². The van der Waals surface area contributed by atoms with E-state index < -0.39 is 12.1 Å². The number of carboxylic acid groups (broad SMARTS) is 1. The monoisotopic (exact) mass is 221 g/mol. The molecule has 0 aliphatic carbocycles. The van der Waals surface area contributed by atoms with E-state index in [1.807, 2.05) is 12.1 Å². The highest BCUT2D eigenvalue weighted by atomic mass is 16.7. The summed E-state index contributed by atoms with van der Waals surface area (Å²) < 4.78 is 5.03. The van der Waals surface area contributed by atoms with E-state index in [9.17, 15) is 4.79 Å². The van der Waals surface area contributed by atoms with Crippen LogP contribution in [-0.2, 0) is 9.63 Å². The number of hydrogen-bond acceptors (Lipinski definition) is 4. The zero-order valence-corrected chi connectivity index (χ0v) is 8.71. The fourth-order valence-corrected chi connectivity index (χ4v) is 1.46. The minimum absolute atomic E-state index is 0.293. The number of carboxylic acids is 1. The molecule has 0 spiro atoms. The maximum Gasteiger partial charge on any atom is 0.348 e. The van der Waals surface area contributed by atoms with Gasteiger partial charge in [0.2, 0.25) is 6.10 Å². The number of rotatable bonds is 3. The standard InChI is InChI=1S/C11H11NO4/c1-15-8-4-2-7(3-5-8)9-6-10(11(13)14)16-12-9/h2-5,10H,6H2,1H3,(H,13,14)/t10-/m0/s1. The Morgan fingerprint density at radius 3 is 2.69 bits per heavy atom. The van der Waals surface area contributed by atoms with Crippen LogP contribution >= 0.6 is 0 Å². The van der Waals surface area contributed by atoms with Crippen LogP contribution in [0.5, 0.6) is 5.75 Å². The van der Waals surface area contributed by atoms with Gasteiger partial charge in [0.25, 0.3) is 0 Å². The van der Waals surface area contributed by atoms with E-state index in [4.69, 9.17) is 14.7 Å². The topological polar surface area (TPSA) is 68.1 Å². The van der Waals surface area contributed by atoms with Crippen LogP contribution in [-0.4, -0.2) is 30.0 Å². The van der Waals surface area contributed by atoms with Gasteiger partial charge in [-0.05, 0) is 29.8 Å². The van der Waals surface area contributed by atoms with Gasteiger partial charge in [-0.3, -0.25) is 0 Å². The third-order valence-electron chi connectivity index (χ3n) is 2.37. The molecule has 5 nitrogen and oxygen atoms in total. The molecular formula is C11H11NO4. The van der Waals surface area contributed by atoms with Crippen molar-refractivity contribution in [3.8, 4) is 5.75 Å². The zero-order valence-electron chi connectivity index (χ0n) is 8.71. The van der Waals surface area contributed by atoms with Gasteiger partial charge < -0.3 is 14.7 Å². The van der Waals surface area contributed by atoms with E-state index in [1.165, 1.54) is 0 Å². The van der Waals surface area contributed by atoms with Crippen molar-refractivity contribution in [1.29, 1.82) is 0 Å². The number of methoxy groups -OCH3 is 1. The summed E-state index contributed by atoms with van der Waals surface area (Å²) in [5, 5.41) is 12.5. The molecule has 0 unspecified atom stereocenters. The molecule has 16 heavy (non-hydrogen) atoms. The minimum atomic E-state index is -0.993. The normalized spacial score (nSPS) is 18.8. The average molecular weight is 221 g/mol. The van der Waals surface area contributed by atoms with Gasteiger partial charge in [-0.15, -0.1) is 0 Å². The third kappa shape index (κ3) is 1.98. The minimum Gasteiger partial charge on any atom is -0.497 e. The van der Waals surface area contributed by atoms with E-state index >= 15 is 0 Å². The molecule has 0 saturated carbocycles. The van der Waals surface area contributed by atoms with Crippen LogP contribution in [0.4, 0.5) is 0 Å². The highest BCUT2D eigenvalue weighted by Gasteiger charge is 2.28. The first-order chi connectivity index (χ1) is 7.70. The number of benzene rings is 1. The molecule has 84 valence electrons. The number of nitrogens with zero attached hydrogens (tertiary/aromatic N) is 1. The molecule has 1 atom stereocenters. The molecule has 0 saturated heterocycles. The van der Waals surface area contributed by atoms with Crippen molar-refractivity contribution < 1.29 is 19.5 Å². The van der Waals surface area contributed by atoms with Gasteiger partial charge in [0.1, 0.15) is 5.75 Å². The SMILES string of the molecule is COc1ccc(C2=NO[C@H](C(=O)O)C2)cc1. The van der Waals surface area contributed by atoms with E-state index in [2.05, 4.69) is 5.16 Å². The van der Waals surface area contributed by atoms with Gasteiger partial charge in [0.05, 0.1) is 12.8 Å². The second-order valence-electron chi connectivity index (χ2n) is 3.40. The Labute approximate surface area is 92.3 Å². The predicted octanol–water partition coefficient (Wildman–Crippen LogP) is 1.27. The second kappa shape index (κ2) is 4.22. The first-order valence-electron chi connectivity index (χ1n) is 4.80. The van der Waals surface area contributed by atoms with Gasteiger partial charge in [0, 0.05) is 6.42 Å². The average Bonchev–Trinajstić information content (AvgIpc) is 2.78. The molecule has 0 amide bonds. The highest BCUT2D eigenvalue weighted by Crippen LogP contribution is 2.19. The number of aliphatic carboxylic acids is 1. The molecule has 0 radical (unpaired) electrons. The Balaban J connectivity index is 2.11. The molecule has 1 aromatic carbocycles. The number of hydrogen-bond donors (Lipinski definition) is 1. The van der Waals surface area contributed by atoms with Crippen LogP contribution in [0.15, 0.2) is 29.4 Å². The Morgan fingerprint density at radius 2 is 2.19 bits per heavy atom. The van der Waals surface area contributed by atoms with E-state index in [1.54, 1.807) is 19.2 Å². The summed E-state index contributed by atoms with van der Waals surface area (Å²) >= 11 is 0. The summed E-state index contributed by atoms with van der Waals surface area (Å²) in [5.74, 6) is -0.245. The van der Waals surface area contributed by atoms with Crippen molar-refractivity contribution in [2.45, 2.75) is 12.5 Å². The van der Waals surface area contributed by atoms with Gasteiger partial charge in [-0.2, -0.15) is 0 Å². The molecule has 1 N–H and O–H groups in total. The van der Waals surface area contributed by atoms with Crippen molar-refractivity contribution in [3.63, 3.8) is 0 Å². The van der Waals surface area contributed by atoms with Gasteiger partial charge in [0.15, 0.2) is 0 Å². The Hall–Kier alpha value is -2.04. The molecule has 1 heterocycles. The van der Waals surface area contributed by atoms with Crippen LogP contribution < -0.4 is 4.74 Å². The van der Waals surface area contributed by atoms with E-state index in [0.717, 1.165) is 11.3 Å². The highest BCUT2D eigenvalue weighted by molar-refractivity contribution is 6.03. The van der Waals surface area contributed by atoms with Crippen molar-refractivity contribution in [1.82, 2.24) is 0 Å². The fraction of sp³-hybridized carbons (Fsp3) is 0.273. The molecule has 0 bridgehead atoms. The molecule has 2 rings (SSSR count). The summed E-state index contributed by atoms with van der Waals surface area (Å²) in [6.45, 7) is 0. The Kier molecular flexibility index (Phi) is 2.76. The maximum absolute atomic E-state index is 10.7. The van der Waals surface area contributed by atoms with Crippen LogP contribution in [0.2, 0.25) is 0 Å². The molecule has 1 aliphatic heterocycles. The lowest BCUT2D eigenvalue weighted by Gasteiger charge is -2.02. The zero-order chi connectivity index (χ0) is 11.5. The fourth-order valence-electron chi connectivity index (χ4n) is 1.46. The lowest BCUT2D eigenvalue weighted by Crippen LogP contribution is -2.19. The maximum atomic E-state index is 10.7. The Bertz CT molecular complexity index is 424. The first kappa shape index (κ1) is 10.5. The molecule has 5 heteroatoms. The lowest BCUT2D eigenvalue weighted by molar-refractivity contribution is -0.148.